The van der Waals surface area contributed by atoms with Gasteiger partial charge in [-0.05, 0) is 23.4 Å². The fraction of sp³-hybridized carbons (Fsp3) is 0.700. The molecule has 1 aliphatic carbocycles. The molecule has 1 saturated carbocycles. The van der Waals surface area contributed by atoms with E-state index >= 15 is 0 Å². The number of carboxylic acids is 1. The molecule has 0 aromatic carbocycles. The number of hydrogen-bond acceptors (Lipinski definition) is 4. The molecule has 1 unspecified atom stereocenters. The van der Waals surface area contributed by atoms with Gasteiger partial charge in [-0.3, -0.25) is 0 Å². The summed E-state index contributed by atoms with van der Waals surface area (Å²) in [6, 6.07) is 0. The topological polar surface area (TPSA) is 76.2 Å². The second kappa shape index (κ2) is 3.32. The van der Waals surface area contributed by atoms with Gasteiger partial charge in [-0.25, -0.2) is 4.79 Å². The predicted octanol–water partition coefficient (Wildman–Crippen LogP) is 2.06. The highest BCUT2D eigenvalue weighted by Crippen LogP contribution is 2.48. The molecule has 1 aromatic rings. The van der Waals surface area contributed by atoms with E-state index in [9.17, 15) is 4.79 Å². The lowest BCUT2D eigenvalue weighted by molar-refractivity contribution is 0.0680. The van der Waals surface area contributed by atoms with Gasteiger partial charge >= 0.3 is 5.97 Å². The lowest BCUT2D eigenvalue weighted by Crippen LogP contribution is -2.15. The van der Waals surface area contributed by atoms with Crippen molar-refractivity contribution in [3.63, 3.8) is 0 Å². The van der Waals surface area contributed by atoms with Crippen LogP contribution in [-0.2, 0) is 0 Å². The zero-order valence-corrected chi connectivity index (χ0v) is 8.86. The summed E-state index contributed by atoms with van der Waals surface area (Å²) in [4.78, 5) is 14.5. The van der Waals surface area contributed by atoms with Crippen molar-refractivity contribution in [2.24, 2.45) is 5.41 Å². The smallest absolute Gasteiger partial charge is 0.377 e. The van der Waals surface area contributed by atoms with E-state index in [-0.39, 0.29) is 17.2 Å². The quantitative estimate of drug-likeness (QED) is 0.808. The second-order valence-electron chi connectivity index (χ2n) is 4.69. The van der Waals surface area contributed by atoms with Gasteiger partial charge in [-0.1, -0.05) is 20.3 Å². The molecule has 1 heterocycles. The van der Waals surface area contributed by atoms with Crippen LogP contribution in [0.2, 0.25) is 0 Å². The van der Waals surface area contributed by atoms with Crippen molar-refractivity contribution >= 4 is 5.97 Å². The van der Waals surface area contributed by atoms with Crippen molar-refractivity contribution in [1.82, 2.24) is 10.1 Å². The van der Waals surface area contributed by atoms with E-state index < -0.39 is 5.97 Å². The number of carboxylic acid groups (broad SMARTS) is 1. The molecule has 15 heavy (non-hydrogen) atoms. The van der Waals surface area contributed by atoms with Crippen LogP contribution in [0.4, 0.5) is 0 Å². The lowest BCUT2D eigenvalue weighted by atomic mass is 9.82. The Kier molecular flexibility index (Phi) is 2.25. The van der Waals surface area contributed by atoms with Crippen LogP contribution in [0.15, 0.2) is 4.52 Å². The Bertz CT molecular complexity index is 384. The maximum absolute atomic E-state index is 10.6. The van der Waals surface area contributed by atoms with Gasteiger partial charge in [0.1, 0.15) is 0 Å². The van der Waals surface area contributed by atoms with Crippen LogP contribution in [-0.4, -0.2) is 21.2 Å². The molecule has 1 fully saturated rings. The SMILES string of the molecule is CC1(C)CCCC1c1nc(C(=O)O)no1. The maximum Gasteiger partial charge on any atom is 0.377 e. The van der Waals surface area contributed by atoms with E-state index in [2.05, 4.69) is 24.0 Å². The second-order valence-corrected chi connectivity index (χ2v) is 4.69. The Balaban J connectivity index is 2.26. The third kappa shape index (κ3) is 1.73. The molecule has 0 aliphatic heterocycles. The van der Waals surface area contributed by atoms with Crippen LogP contribution < -0.4 is 0 Å². The van der Waals surface area contributed by atoms with Crippen LogP contribution in [0.1, 0.15) is 55.5 Å². The average Bonchev–Trinajstić information content (AvgIpc) is 2.69. The highest BCUT2D eigenvalue weighted by atomic mass is 16.5. The minimum atomic E-state index is -1.14. The molecule has 0 bridgehead atoms. The molecule has 0 saturated heterocycles. The minimum absolute atomic E-state index is 0.127. The van der Waals surface area contributed by atoms with E-state index in [1.54, 1.807) is 0 Å². The van der Waals surface area contributed by atoms with E-state index in [0.29, 0.717) is 5.89 Å². The predicted molar refractivity (Wildman–Crippen MR) is 51.6 cm³/mol. The van der Waals surface area contributed by atoms with Crippen molar-refractivity contribution < 1.29 is 14.4 Å². The first-order chi connectivity index (χ1) is 7.00. The van der Waals surface area contributed by atoms with Crippen LogP contribution in [0, 0.1) is 5.41 Å². The van der Waals surface area contributed by atoms with Crippen LogP contribution >= 0.6 is 0 Å². The molecule has 0 radical (unpaired) electrons. The number of nitrogens with zero attached hydrogens (tertiary/aromatic N) is 2. The summed E-state index contributed by atoms with van der Waals surface area (Å²) < 4.78 is 5.00. The molecule has 5 heteroatoms. The molecule has 0 spiro atoms. The highest BCUT2D eigenvalue weighted by Gasteiger charge is 2.39. The van der Waals surface area contributed by atoms with Gasteiger partial charge in [-0.15, -0.1) is 0 Å². The summed E-state index contributed by atoms with van der Waals surface area (Å²) in [5.74, 6) is -0.721. The average molecular weight is 210 g/mol. The zero-order chi connectivity index (χ0) is 11.1. The summed E-state index contributed by atoms with van der Waals surface area (Å²) in [5, 5.41) is 12.1. The first kappa shape index (κ1) is 10.1. The van der Waals surface area contributed by atoms with E-state index in [0.717, 1.165) is 19.3 Å². The summed E-state index contributed by atoms with van der Waals surface area (Å²) in [7, 11) is 0. The Hall–Kier alpha value is -1.39. The maximum atomic E-state index is 10.6. The Morgan fingerprint density at radius 2 is 2.33 bits per heavy atom. The fourth-order valence-electron chi connectivity index (χ4n) is 2.25. The van der Waals surface area contributed by atoms with Crippen molar-refractivity contribution in [2.45, 2.75) is 39.0 Å². The number of rotatable bonds is 2. The van der Waals surface area contributed by atoms with Gasteiger partial charge in [0.25, 0.3) is 5.82 Å². The standard InChI is InChI=1S/C10H14N2O3/c1-10(2)5-3-4-6(10)8-11-7(9(13)14)12-15-8/h6H,3-5H2,1-2H3,(H,13,14). The first-order valence-corrected chi connectivity index (χ1v) is 5.07. The van der Waals surface area contributed by atoms with Gasteiger partial charge in [0.2, 0.25) is 5.89 Å². The Morgan fingerprint density at radius 1 is 1.60 bits per heavy atom. The van der Waals surface area contributed by atoms with Crippen molar-refractivity contribution in [2.75, 3.05) is 0 Å². The monoisotopic (exact) mass is 210 g/mol. The van der Waals surface area contributed by atoms with Gasteiger partial charge in [0.05, 0.1) is 0 Å². The number of hydrogen-bond donors (Lipinski definition) is 1. The van der Waals surface area contributed by atoms with E-state index in [1.165, 1.54) is 0 Å². The van der Waals surface area contributed by atoms with Crippen LogP contribution in [0.25, 0.3) is 0 Å². The van der Waals surface area contributed by atoms with Gasteiger partial charge < -0.3 is 9.63 Å². The normalized spacial score (nSPS) is 24.3. The molecular formula is C10H14N2O3. The van der Waals surface area contributed by atoms with Crippen molar-refractivity contribution in [3.05, 3.63) is 11.7 Å². The Labute approximate surface area is 87.5 Å². The largest absolute Gasteiger partial charge is 0.475 e. The molecule has 0 amide bonds. The number of aromatic carboxylic acids is 1. The van der Waals surface area contributed by atoms with Crippen molar-refractivity contribution in [1.29, 1.82) is 0 Å². The number of carbonyl (C=O) groups is 1. The molecular weight excluding hydrogens is 196 g/mol. The third-order valence-electron chi connectivity index (χ3n) is 3.19. The molecule has 1 atom stereocenters. The molecule has 1 aromatic heterocycles. The first-order valence-electron chi connectivity index (χ1n) is 5.07. The molecule has 2 rings (SSSR count). The van der Waals surface area contributed by atoms with Gasteiger partial charge in [-0.2, -0.15) is 4.98 Å². The highest BCUT2D eigenvalue weighted by molar-refractivity contribution is 5.82. The Morgan fingerprint density at radius 3 is 2.80 bits per heavy atom. The third-order valence-corrected chi connectivity index (χ3v) is 3.19. The zero-order valence-electron chi connectivity index (χ0n) is 8.86. The molecule has 1 N–H and O–H groups in total. The number of aromatic nitrogens is 2. The lowest BCUT2D eigenvalue weighted by Gasteiger charge is -2.23. The molecule has 82 valence electrons. The minimum Gasteiger partial charge on any atom is -0.475 e. The van der Waals surface area contributed by atoms with Crippen LogP contribution in [0.3, 0.4) is 0 Å². The van der Waals surface area contributed by atoms with E-state index in [1.807, 2.05) is 0 Å². The van der Waals surface area contributed by atoms with Gasteiger partial charge in [0, 0.05) is 5.92 Å². The van der Waals surface area contributed by atoms with Crippen LogP contribution in [0.5, 0.6) is 0 Å². The van der Waals surface area contributed by atoms with Crippen molar-refractivity contribution in [3.8, 4) is 0 Å². The van der Waals surface area contributed by atoms with Gasteiger partial charge in [0.15, 0.2) is 0 Å². The fourth-order valence-corrected chi connectivity index (χ4v) is 2.25. The summed E-state index contributed by atoms with van der Waals surface area (Å²) in [6.45, 7) is 4.30. The molecule has 5 nitrogen and oxygen atoms in total. The van der Waals surface area contributed by atoms with E-state index in [4.69, 9.17) is 9.63 Å². The summed E-state index contributed by atoms with van der Waals surface area (Å²) in [6.07, 6.45) is 3.24. The summed E-state index contributed by atoms with van der Waals surface area (Å²) >= 11 is 0. The molecule has 1 aliphatic rings. The summed E-state index contributed by atoms with van der Waals surface area (Å²) in [5.41, 5.74) is 0.127.